The molecule has 1 N–H and O–H groups in total. The lowest BCUT2D eigenvalue weighted by molar-refractivity contribution is -0.142. The van der Waals surface area contributed by atoms with Crippen molar-refractivity contribution in [2.45, 2.75) is 13.3 Å². The summed E-state index contributed by atoms with van der Waals surface area (Å²) in [5.41, 5.74) is 1.24. The van der Waals surface area contributed by atoms with E-state index >= 15 is 0 Å². The van der Waals surface area contributed by atoms with Crippen LogP contribution >= 0.6 is 0 Å². The number of hydrogen-bond donors (Lipinski definition) is 1. The molecule has 0 atom stereocenters. The van der Waals surface area contributed by atoms with Crippen molar-refractivity contribution in [3.05, 3.63) is 54.4 Å². The third-order valence-corrected chi connectivity index (χ3v) is 2.99. The highest BCUT2D eigenvalue weighted by Crippen LogP contribution is 2.16. The standard InChI is InChI=1S/C16H18N2O3/c1-2-21-15(19)10-12-18(13-7-4-3-5-8-13)16(20)14-9-6-11-17-14/h3-9,11,17H,2,10,12H2,1H3. The first-order valence-electron chi connectivity index (χ1n) is 6.88. The highest BCUT2D eigenvalue weighted by atomic mass is 16.5. The fraction of sp³-hybridized carbons (Fsp3) is 0.250. The Hall–Kier alpha value is -2.56. The third kappa shape index (κ3) is 3.95. The van der Waals surface area contributed by atoms with E-state index in [-0.39, 0.29) is 24.8 Å². The van der Waals surface area contributed by atoms with Crippen LogP contribution in [0, 0.1) is 0 Å². The molecule has 1 aromatic carbocycles. The van der Waals surface area contributed by atoms with Crippen molar-refractivity contribution in [1.82, 2.24) is 4.98 Å². The van der Waals surface area contributed by atoms with Crippen LogP contribution in [0.2, 0.25) is 0 Å². The summed E-state index contributed by atoms with van der Waals surface area (Å²) >= 11 is 0. The molecular weight excluding hydrogens is 268 g/mol. The second kappa shape index (κ2) is 7.28. The maximum absolute atomic E-state index is 12.5. The van der Waals surface area contributed by atoms with E-state index in [1.165, 1.54) is 0 Å². The number of anilines is 1. The molecule has 1 aromatic heterocycles. The number of carbonyl (C=O) groups is 2. The van der Waals surface area contributed by atoms with Crippen molar-refractivity contribution < 1.29 is 14.3 Å². The molecule has 0 aliphatic carbocycles. The number of aromatic amines is 1. The van der Waals surface area contributed by atoms with Gasteiger partial charge < -0.3 is 14.6 Å². The van der Waals surface area contributed by atoms with E-state index in [4.69, 9.17) is 4.74 Å². The number of aromatic nitrogens is 1. The molecule has 0 saturated carbocycles. The van der Waals surface area contributed by atoms with E-state index in [2.05, 4.69) is 4.98 Å². The second-order valence-electron chi connectivity index (χ2n) is 4.43. The molecule has 0 fully saturated rings. The van der Waals surface area contributed by atoms with Crippen molar-refractivity contribution in [3.63, 3.8) is 0 Å². The summed E-state index contributed by atoms with van der Waals surface area (Å²) in [5.74, 6) is -0.479. The first kappa shape index (κ1) is 14.8. The van der Waals surface area contributed by atoms with Crippen LogP contribution in [0.25, 0.3) is 0 Å². The van der Waals surface area contributed by atoms with Gasteiger partial charge in [0.15, 0.2) is 0 Å². The Morgan fingerprint density at radius 3 is 2.52 bits per heavy atom. The average Bonchev–Trinajstić information content (AvgIpc) is 3.03. The molecule has 5 heteroatoms. The van der Waals surface area contributed by atoms with Crippen LogP contribution in [0.15, 0.2) is 48.7 Å². The monoisotopic (exact) mass is 286 g/mol. The molecule has 2 aromatic rings. The number of carbonyl (C=O) groups excluding carboxylic acids is 2. The molecule has 0 bridgehead atoms. The predicted octanol–water partition coefficient (Wildman–Crippen LogP) is 2.61. The minimum absolute atomic E-state index is 0.162. The number of nitrogens with one attached hydrogen (secondary N) is 1. The zero-order valence-electron chi connectivity index (χ0n) is 11.9. The van der Waals surface area contributed by atoms with E-state index in [1.54, 1.807) is 30.2 Å². The van der Waals surface area contributed by atoms with Gasteiger partial charge in [-0.3, -0.25) is 9.59 Å². The fourth-order valence-electron chi connectivity index (χ4n) is 2.00. The summed E-state index contributed by atoms with van der Waals surface area (Å²) in [6.45, 7) is 2.38. The van der Waals surface area contributed by atoms with Crippen molar-refractivity contribution in [2.24, 2.45) is 0 Å². The van der Waals surface area contributed by atoms with Crippen LogP contribution in [-0.4, -0.2) is 30.0 Å². The van der Waals surface area contributed by atoms with Gasteiger partial charge in [0, 0.05) is 18.4 Å². The van der Waals surface area contributed by atoms with E-state index in [1.807, 2.05) is 30.3 Å². The molecule has 110 valence electrons. The molecular formula is C16H18N2O3. The van der Waals surface area contributed by atoms with E-state index < -0.39 is 0 Å². The predicted molar refractivity (Wildman–Crippen MR) is 80.2 cm³/mol. The number of rotatable bonds is 6. The van der Waals surface area contributed by atoms with E-state index in [0.29, 0.717) is 12.3 Å². The zero-order chi connectivity index (χ0) is 15.1. The smallest absolute Gasteiger partial charge is 0.307 e. The Balaban J connectivity index is 2.15. The summed E-state index contributed by atoms with van der Waals surface area (Å²) in [6, 6.07) is 12.7. The molecule has 21 heavy (non-hydrogen) atoms. The van der Waals surface area contributed by atoms with Crippen molar-refractivity contribution >= 4 is 17.6 Å². The second-order valence-corrected chi connectivity index (χ2v) is 4.43. The van der Waals surface area contributed by atoms with Crippen LogP contribution in [0.4, 0.5) is 5.69 Å². The largest absolute Gasteiger partial charge is 0.466 e. The van der Waals surface area contributed by atoms with Gasteiger partial charge in [-0.1, -0.05) is 18.2 Å². The van der Waals surface area contributed by atoms with Crippen LogP contribution in [0.1, 0.15) is 23.8 Å². The summed E-state index contributed by atoms with van der Waals surface area (Å²) in [5, 5.41) is 0. The van der Waals surface area contributed by atoms with Crippen LogP contribution in [0.3, 0.4) is 0 Å². The molecule has 5 nitrogen and oxygen atoms in total. The van der Waals surface area contributed by atoms with Gasteiger partial charge in [-0.15, -0.1) is 0 Å². The Morgan fingerprint density at radius 2 is 1.90 bits per heavy atom. The van der Waals surface area contributed by atoms with E-state index in [9.17, 15) is 9.59 Å². The van der Waals surface area contributed by atoms with Gasteiger partial charge in [0.2, 0.25) is 0 Å². The number of H-pyrrole nitrogens is 1. The summed E-state index contributed by atoms with van der Waals surface area (Å²) in [4.78, 5) is 28.5. The highest BCUT2D eigenvalue weighted by Gasteiger charge is 2.19. The number of esters is 1. The minimum Gasteiger partial charge on any atom is -0.466 e. The lowest BCUT2D eigenvalue weighted by Crippen LogP contribution is -2.33. The van der Waals surface area contributed by atoms with Crippen molar-refractivity contribution in [2.75, 3.05) is 18.1 Å². The zero-order valence-corrected chi connectivity index (χ0v) is 11.9. The maximum Gasteiger partial charge on any atom is 0.307 e. The van der Waals surface area contributed by atoms with Crippen LogP contribution in [-0.2, 0) is 9.53 Å². The number of para-hydroxylation sites is 1. The quantitative estimate of drug-likeness (QED) is 0.830. The van der Waals surface area contributed by atoms with Gasteiger partial charge in [-0.25, -0.2) is 0 Å². The molecule has 0 spiro atoms. The maximum atomic E-state index is 12.5. The van der Waals surface area contributed by atoms with Gasteiger partial charge >= 0.3 is 5.97 Å². The summed E-state index contributed by atoms with van der Waals surface area (Å²) in [7, 11) is 0. The highest BCUT2D eigenvalue weighted by molar-refractivity contribution is 6.05. The fourth-order valence-corrected chi connectivity index (χ4v) is 2.00. The first-order chi connectivity index (χ1) is 10.2. The molecule has 0 saturated heterocycles. The van der Waals surface area contributed by atoms with Crippen molar-refractivity contribution in [3.8, 4) is 0 Å². The molecule has 2 rings (SSSR count). The first-order valence-corrected chi connectivity index (χ1v) is 6.88. The molecule has 1 heterocycles. The summed E-state index contributed by atoms with van der Waals surface area (Å²) < 4.78 is 4.91. The van der Waals surface area contributed by atoms with Crippen LogP contribution < -0.4 is 4.90 Å². The number of amides is 1. The average molecular weight is 286 g/mol. The lowest BCUT2D eigenvalue weighted by atomic mass is 10.2. The van der Waals surface area contributed by atoms with Gasteiger partial charge in [0.05, 0.1) is 13.0 Å². The van der Waals surface area contributed by atoms with Gasteiger partial charge in [-0.2, -0.15) is 0 Å². The number of nitrogens with zero attached hydrogens (tertiary/aromatic N) is 1. The Morgan fingerprint density at radius 1 is 1.14 bits per heavy atom. The Labute approximate surface area is 123 Å². The van der Waals surface area contributed by atoms with Crippen LogP contribution in [0.5, 0.6) is 0 Å². The molecule has 1 amide bonds. The number of benzene rings is 1. The molecule has 0 aliphatic rings. The minimum atomic E-state index is -0.308. The molecule has 0 unspecified atom stereocenters. The third-order valence-electron chi connectivity index (χ3n) is 2.99. The Kier molecular flexibility index (Phi) is 5.15. The normalized spacial score (nSPS) is 10.1. The topological polar surface area (TPSA) is 62.4 Å². The lowest BCUT2D eigenvalue weighted by Gasteiger charge is -2.22. The van der Waals surface area contributed by atoms with Gasteiger partial charge in [0.25, 0.3) is 5.91 Å². The Bertz CT molecular complexity index is 579. The summed E-state index contributed by atoms with van der Waals surface area (Å²) in [6.07, 6.45) is 1.86. The number of hydrogen-bond acceptors (Lipinski definition) is 3. The molecule has 0 aliphatic heterocycles. The van der Waals surface area contributed by atoms with E-state index in [0.717, 1.165) is 5.69 Å². The number of ether oxygens (including phenoxy) is 1. The SMILES string of the molecule is CCOC(=O)CCN(C(=O)c1ccc[nH]1)c1ccccc1. The van der Waals surface area contributed by atoms with Crippen molar-refractivity contribution in [1.29, 1.82) is 0 Å². The van der Waals surface area contributed by atoms with Gasteiger partial charge in [0.1, 0.15) is 5.69 Å². The van der Waals surface area contributed by atoms with Gasteiger partial charge in [-0.05, 0) is 31.2 Å². The molecule has 0 radical (unpaired) electrons.